The minimum absolute atomic E-state index is 0.363. The molecule has 3 aromatic rings. The number of hydrogen-bond donors (Lipinski definition) is 2. The molecule has 1 aliphatic rings. The van der Waals surface area contributed by atoms with Crippen LogP contribution in [0.15, 0.2) is 48.8 Å². The number of hydrogen-bond acceptors (Lipinski definition) is 7. The predicted molar refractivity (Wildman–Crippen MR) is 111 cm³/mol. The summed E-state index contributed by atoms with van der Waals surface area (Å²) in [5, 5.41) is 5.42. The molecule has 3 N–H and O–H groups in total. The SMILES string of the molecule is Nc1c(NCCCN2CCOCC2)ncnc1Oc1cccc2ccccc12. The second-order valence-electron chi connectivity index (χ2n) is 6.75. The molecule has 146 valence electrons. The minimum Gasteiger partial charge on any atom is -0.436 e. The van der Waals surface area contributed by atoms with Crippen LogP contribution in [0.2, 0.25) is 0 Å². The van der Waals surface area contributed by atoms with E-state index in [4.69, 9.17) is 15.2 Å². The van der Waals surface area contributed by atoms with Crippen molar-refractivity contribution in [3.05, 3.63) is 48.8 Å². The normalized spacial score (nSPS) is 14.9. The summed E-state index contributed by atoms with van der Waals surface area (Å²) in [6.07, 6.45) is 2.48. The number of morpholine rings is 1. The fourth-order valence-corrected chi connectivity index (χ4v) is 3.32. The zero-order valence-corrected chi connectivity index (χ0v) is 15.8. The van der Waals surface area contributed by atoms with Crippen molar-refractivity contribution in [2.24, 2.45) is 0 Å². The molecule has 28 heavy (non-hydrogen) atoms. The summed E-state index contributed by atoms with van der Waals surface area (Å²) in [5.41, 5.74) is 6.68. The Labute approximate surface area is 164 Å². The average Bonchev–Trinajstić information content (AvgIpc) is 2.74. The molecule has 0 saturated carbocycles. The minimum atomic E-state index is 0.363. The van der Waals surface area contributed by atoms with Crippen molar-refractivity contribution in [1.29, 1.82) is 0 Å². The highest BCUT2D eigenvalue weighted by atomic mass is 16.5. The van der Waals surface area contributed by atoms with Gasteiger partial charge in [-0.05, 0) is 24.4 Å². The van der Waals surface area contributed by atoms with Gasteiger partial charge >= 0.3 is 0 Å². The molecule has 0 radical (unpaired) electrons. The highest BCUT2D eigenvalue weighted by Gasteiger charge is 2.13. The summed E-state index contributed by atoms with van der Waals surface area (Å²) in [6, 6.07) is 14.0. The smallest absolute Gasteiger partial charge is 0.248 e. The zero-order valence-electron chi connectivity index (χ0n) is 15.8. The Balaban J connectivity index is 1.40. The fourth-order valence-electron chi connectivity index (χ4n) is 3.32. The number of nitrogen functional groups attached to an aromatic ring is 1. The molecular weight excluding hydrogens is 354 g/mol. The van der Waals surface area contributed by atoms with Crippen LogP contribution in [0.5, 0.6) is 11.6 Å². The Hall–Kier alpha value is -2.90. The maximum Gasteiger partial charge on any atom is 0.248 e. The second-order valence-corrected chi connectivity index (χ2v) is 6.75. The van der Waals surface area contributed by atoms with Crippen LogP contribution in [0.3, 0.4) is 0 Å². The van der Waals surface area contributed by atoms with E-state index in [1.807, 2.05) is 42.5 Å². The molecular formula is C21H25N5O2. The van der Waals surface area contributed by atoms with E-state index >= 15 is 0 Å². The van der Waals surface area contributed by atoms with Crippen molar-refractivity contribution >= 4 is 22.3 Å². The van der Waals surface area contributed by atoms with Gasteiger partial charge in [-0.3, -0.25) is 4.90 Å². The van der Waals surface area contributed by atoms with Crippen LogP contribution >= 0.6 is 0 Å². The molecule has 2 heterocycles. The lowest BCUT2D eigenvalue weighted by molar-refractivity contribution is 0.0378. The summed E-state index contributed by atoms with van der Waals surface area (Å²) < 4.78 is 11.4. The van der Waals surface area contributed by atoms with Crippen LogP contribution in [0.4, 0.5) is 11.5 Å². The Kier molecular flexibility index (Phi) is 5.84. The van der Waals surface area contributed by atoms with Gasteiger partial charge in [-0.15, -0.1) is 0 Å². The number of nitrogens with two attached hydrogens (primary N) is 1. The molecule has 0 spiro atoms. The molecule has 7 heteroatoms. The highest BCUT2D eigenvalue weighted by Crippen LogP contribution is 2.33. The van der Waals surface area contributed by atoms with E-state index in [1.54, 1.807) is 0 Å². The van der Waals surface area contributed by atoms with Crippen molar-refractivity contribution < 1.29 is 9.47 Å². The predicted octanol–water partition coefficient (Wildman–Crippen LogP) is 3.14. The van der Waals surface area contributed by atoms with Gasteiger partial charge in [-0.1, -0.05) is 36.4 Å². The molecule has 0 bridgehead atoms. The van der Waals surface area contributed by atoms with Gasteiger partial charge < -0.3 is 20.5 Å². The molecule has 0 aliphatic carbocycles. The quantitative estimate of drug-likeness (QED) is 0.610. The van der Waals surface area contributed by atoms with Gasteiger partial charge in [-0.2, -0.15) is 4.98 Å². The van der Waals surface area contributed by atoms with Gasteiger partial charge in [-0.25, -0.2) is 4.98 Å². The first-order chi connectivity index (χ1) is 13.8. The van der Waals surface area contributed by atoms with E-state index in [0.717, 1.165) is 62.3 Å². The Morgan fingerprint density at radius 3 is 2.79 bits per heavy atom. The van der Waals surface area contributed by atoms with Crippen molar-refractivity contribution in [2.75, 3.05) is 50.4 Å². The van der Waals surface area contributed by atoms with E-state index in [-0.39, 0.29) is 0 Å². The zero-order chi connectivity index (χ0) is 19.2. The van der Waals surface area contributed by atoms with Crippen molar-refractivity contribution in [3.8, 4) is 11.6 Å². The molecule has 2 aromatic carbocycles. The molecule has 0 atom stereocenters. The first kappa shape index (κ1) is 18.5. The van der Waals surface area contributed by atoms with Gasteiger partial charge in [0, 0.05) is 25.0 Å². The van der Waals surface area contributed by atoms with E-state index in [2.05, 4.69) is 20.2 Å². The average molecular weight is 379 g/mol. The molecule has 1 saturated heterocycles. The number of ether oxygens (including phenoxy) is 2. The lowest BCUT2D eigenvalue weighted by Gasteiger charge is -2.26. The maximum atomic E-state index is 6.26. The molecule has 0 unspecified atom stereocenters. The number of anilines is 2. The molecule has 1 aromatic heterocycles. The molecule has 4 rings (SSSR count). The number of fused-ring (bicyclic) bond motifs is 1. The largest absolute Gasteiger partial charge is 0.436 e. The van der Waals surface area contributed by atoms with Crippen LogP contribution in [-0.4, -0.2) is 54.3 Å². The van der Waals surface area contributed by atoms with Gasteiger partial charge in [0.1, 0.15) is 17.8 Å². The summed E-state index contributed by atoms with van der Waals surface area (Å²) in [4.78, 5) is 10.9. The van der Waals surface area contributed by atoms with Crippen LogP contribution < -0.4 is 15.8 Å². The lowest BCUT2D eigenvalue weighted by atomic mass is 10.1. The van der Waals surface area contributed by atoms with Crippen molar-refractivity contribution in [2.45, 2.75) is 6.42 Å². The van der Waals surface area contributed by atoms with Crippen LogP contribution in [0.25, 0.3) is 10.8 Å². The van der Waals surface area contributed by atoms with Gasteiger partial charge in [0.25, 0.3) is 0 Å². The number of rotatable bonds is 7. The Morgan fingerprint density at radius 2 is 1.89 bits per heavy atom. The first-order valence-electron chi connectivity index (χ1n) is 9.61. The number of nitrogens with one attached hydrogen (secondary N) is 1. The third kappa shape index (κ3) is 4.32. The van der Waals surface area contributed by atoms with Gasteiger partial charge in [0.2, 0.25) is 5.88 Å². The number of nitrogens with zero attached hydrogens (tertiary/aromatic N) is 3. The van der Waals surface area contributed by atoms with E-state index in [9.17, 15) is 0 Å². The maximum absolute atomic E-state index is 6.26. The fraction of sp³-hybridized carbons (Fsp3) is 0.333. The van der Waals surface area contributed by atoms with Crippen molar-refractivity contribution in [1.82, 2.24) is 14.9 Å². The lowest BCUT2D eigenvalue weighted by Crippen LogP contribution is -2.37. The molecule has 7 nitrogen and oxygen atoms in total. The summed E-state index contributed by atoms with van der Waals surface area (Å²) >= 11 is 0. The standard InChI is InChI=1S/C21H25N5O2/c22-19-20(23-9-4-10-26-11-13-27-14-12-26)24-15-25-21(19)28-18-8-3-6-16-5-1-2-7-17(16)18/h1-3,5-8,15H,4,9-14,22H2,(H,23,24,25). The van der Waals surface area contributed by atoms with E-state index in [0.29, 0.717) is 17.4 Å². The molecule has 1 fully saturated rings. The monoisotopic (exact) mass is 379 g/mol. The topological polar surface area (TPSA) is 85.5 Å². The van der Waals surface area contributed by atoms with Gasteiger partial charge in [0.15, 0.2) is 5.82 Å². The van der Waals surface area contributed by atoms with Crippen LogP contribution in [-0.2, 0) is 4.74 Å². The molecule has 1 aliphatic heterocycles. The first-order valence-corrected chi connectivity index (χ1v) is 9.61. The third-order valence-electron chi connectivity index (χ3n) is 4.85. The van der Waals surface area contributed by atoms with E-state index in [1.165, 1.54) is 6.33 Å². The Bertz CT molecular complexity index is 922. The van der Waals surface area contributed by atoms with Crippen LogP contribution in [0, 0.1) is 0 Å². The molecule has 0 amide bonds. The number of benzene rings is 2. The summed E-state index contributed by atoms with van der Waals surface area (Å²) in [5.74, 6) is 1.69. The van der Waals surface area contributed by atoms with E-state index < -0.39 is 0 Å². The van der Waals surface area contributed by atoms with Gasteiger partial charge in [0.05, 0.1) is 13.2 Å². The Morgan fingerprint density at radius 1 is 1.07 bits per heavy atom. The van der Waals surface area contributed by atoms with Crippen LogP contribution in [0.1, 0.15) is 6.42 Å². The highest BCUT2D eigenvalue weighted by molar-refractivity contribution is 5.88. The second kappa shape index (κ2) is 8.86. The summed E-state index contributed by atoms with van der Waals surface area (Å²) in [6.45, 7) is 5.45. The van der Waals surface area contributed by atoms with Crippen molar-refractivity contribution in [3.63, 3.8) is 0 Å². The summed E-state index contributed by atoms with van der Waals surface area (Å²) in [7, 11) is 0. The number of aromatic nitrogens is 2. The third-order valence-corrected chi connectivity index (χ3v) is 4.85.